The SMILES string of the molecule is NC(=O)OCC[C@H](N)OC(N)=O. The number of carbonyl (C=O) groups is 2. The van der Waals surface area contributed by atoms with Gasteiger partial charge in [-0.05, 0) is 0 Å². The first-order valence-electron chi connectivity index (χ1n) is 3.16. The number of nitrogens with two attached hydrogens (primary N) is 3. The zero-order chi connectivity index (χ0) is 9.56. The summed E-state index contributed by atoms with van der Waals surface area (Å²) >= 11 is 0. The minimum atomic E-state index is -0.971. The number of hydrogen-bond acceptors (Lipinski definition) is 5. The Hall–Kier alpha value is -1.50. The van der Waals surface area contributed by atoms with Crippen molar-refractivity contribution >= 4 is 12.2 Å². The highest BCUT2D eigenvalue weighted by atomic mass is 16.6. The van der Waals surface area contributed by atoms with Gasteiger partial charge in [0.05, 0.1) is 6.61 Å². The Bertz CT molecular complexity index is 172. The van der Waals surface area contributed by atoms with Crippen LogP contribution in [-0.2, 0) is 9.47 Å². The van der Waals surface area contributed by atoms with Crippen molar-refractivity contribution in [3.05, 3.63) is 0 Å². The van der Waals surface area contributed by atoms with E-state index in [1.165, 1.54) is 0 Å². The average Bonchev–Trinajstić information content (AvgIpc) is 1.84. The highest BCUT2D eigenvalue weighted by Crippen LogP contribution is 1.91. The van der Waals surface area contributed by atoms with E-state index in [1.807, 2.05) is 0 Å². The summed E-state index contributed by atoms with van der Waals surface area (Å²) in [4.78, 5) is 20.1. The molecule has 0 heterocycles. The van der Waals surface area contributed by atoms with E-state index in [2.05, 4.69) is 20.9 Å². The van der Waals surface area contributed by atoms with Crippen LogP contribution in [0.4, 0.5) is 9.59 Å². The molecule has 0 fully saturated rings. The molecule has 12 heavy (non-hydrogen) atoms. The second-order valence-corrected chi connectivity index (χ2v) is 1.93. The van der Waals surface area contributed by atoms with Crippen molar-refractivity contribution in [1.29, 1.82) is 0 Å². The highest BCUT2D eigenvalue weighted by molar-refractivity contribution is 5.65. The molecule has 0 aromatic rings. The van der Waals surface area contributed by atoms with Crippen molar-refractivity contribution in [2.75, 3.05) is 6.61 Å². The van der Waals surface area contributed by atoms with Crippen molar-refractivity contribution in [3.63, 3.8) is 0 Å². The monoisotopic (exact) mass is 177 g/mol. The van der Waals surface area contributed by atoms with Crippen LogP contribution in [0, 0.1) is 0 Å². The van der Waals surface area contributed by atoms with E-state index >= 15 is 0 Å². The zero-order valence-corrected chi connectivity index (χ0v) is 6.36. The highest BCUT2D eigenvalue weighted by Gasteiger charge is 2.06. The number of carbonyl (C=O) groups excluding carboxylic acids is 2. The molecule has 70 valence electrons. The fraction of sp³-hybridized carbons (Fsp3) is 0.600. The molecule has 0 aliphatic heterocycles. The van der Waals surface area contributed by atoms with E-state index in [4.69, 9.17) is 5.73 Å². The molecule has 0 saturated heterocycles. The summed E-state index contributed by atoms with van der Waals surface area (Å²) in [5.74, 6) is 0. The summed E-state index contributed by atoms with van der Waals surface area (Å²) in [6.45, 7) is -0.0101. The molecule has 0 aliphatic carbocycles. The fourth-order valence-electron chi connectivity index (χ4n) is 0.484. The van der Waals surface area contributed by atoms with Gasteiger partial charge in [0.2, 0.25) is 0 Å². The van der Waals surface area contributed by atoms with Crippen LogP contribution in [-0.4, -0.2) is 25.0 Å². The Morgan fingerprint density at radius 2 is 1.83 bits per heavy atom. The predicted molar refractivity (Wildman–Crippen MR) is 38.8 cm³/mol. The number of rotatable bonds is 4. The first-order chi connectivity index (χ1) is 5.52. The Kier molecular flexibility index (Phi) is 4.54. The standard InChI is InChI=1S/C5H11N3O4/c6-3(12-5(8)10)1-2-11-4(7)9/h3H,1-2,6H2,(H2,7,9)(H2,8,10)/t3-/m1/s1. The van der Waals surface area contributed by atoms with Gasteiger partial charge in [0, 0.05) is 6.42 Å². The van der Waals surface area contributed by atoms with Gasteiger partial charge < -0.3 is 20.9 Å². The minimum absolute atomic E-state index is 0.0101. The van der Waals surface area contributed by atoms with E-state index in [0.717, 1.165) is 0 Å². The maximum atomic E-state index is 10.1. The Morgan fingerprint density at radius 1 is 1.25 bits per heavy atom. The van der Waals surface area contributed by atoms with Gasteiger partial charge in [0.25, 0.3) is 0 Å². The molecule has 2 amide bonds. The molecular formula is C5H11N3O4. The van der Waals surface area contributed by atoms with Crippen molar-refractivity contribution < 1.29 is 19.1 Å². The molecule has 7 heteroatoms. The lowest BCUT2D eigenvalue weighted by atomic mass is 10.4. The van der Waals surface area contributed by atoms with Crippen molar-refractivity contribution in [3.8, 4) is 0 Å². The molecule has 0 spiro atoms. The van der Waals surface area contributed by atoms with Crippen molar-refractivity contribution in [1.82, 2.24) is 0 Å². The molecule has 1 atom stereocenters. The van der Waals surface area contributed by atoms with E-state index < -0.39 is 18.4 Å². The lowest BCUT2D eigenvalue weighted by Crippen LogP contribution is -2.31. The van der Waals surface area contributed by atoms with Crippen LogP contribution in [0.15, 0.2) is 0 Å². The fourth-order valence-corrected chi connectivity index (χ4v) is 0.484. The predicted octanol–water partition coefficient (Wildman–Crippen LogP) is -1.15. The van der Waals surface area contributed by atoms with Crippen LogP contribution < -0.4 is 17.2 Å². The Morgan fingerprint density at radius 3 is 2.25 bits per heavy atom. The number of hydrogen-bond donors (Lipinski definition) is 3. The zero-order valence-electron chi connectivity index (χ0n) is 6.36. The normalized spacial score (nSPS) is 11.8. The number of ether oxygens (including phenoxy) is 2. The van der Waals surface area contributed by atoms with Gasteiger partial charge in [0.1, 0.15) is 0 Å². The lowest BCUT2D eigenvalue weighted by molar-refractivity contribution is 0.0845. The molecule has 0 aliphatic rings. The van der Waals surface area contributed by atoms with Crippen molar-refractivity contribution in [2.24, 2.45) is 17.2 Å². The van der Waals surface area contributed by atoms with E-state index in [0.29, 0.717) is 0 Å². The second kappa shape index (κ2) is 5.19. The summed E-state index contributed by atoms with van der Waals surface area (Å²) < 4.78 is 8.64. The van der Waals surface area contributed by atoms with Gasteiger partial charge in [-0.1, -0.05) is 0 Å². The average molecular weight is 177 g/mol. The van der Waals surface area contributed by atoms with Crippen LogP contribution >= 0.6 is 0 Å². The Labute approximate surface area is 68.8 Å². The van der Waals surface area contributed by atoms with Gasteiger partial charge in [-0.3, -0.25) is 5.73 Å². The maximum Gasteiger partial charge on any atom is 0.406 e. The van der Waals surface area contributed by atoms with E-state index in [1.54, 1.807) is 0 Å². The van der Waals surface area contributed by atoms with E-state index in [-0.39, 0.29) is 13.0 Å². The van der Waals surface area contributed by atoms with E-state index in [9.17, 15) is 9.59 Å². The van der Waals surface area contributed by atoms with Crippen molar-refractivity contribution in [2.45, 2.75) is 12.6 Å². The minimum Gasteiger partial charge on any atom is -0.450 e. The topological polar surface area (TPSA) is 131 Å². The number of primary amides is 2. The molecule has 0 aromatic heterocycles. The molecule has 0 radical (unpaired) electrons. The van der Waals surface area contributed by atoms with Gasteiger partial charge in [0.15, 0.2) is 6.23 Å². The summed E-state index contributed by atoms with van der Waals surface area (Å²) in [6, 6.07) is 0. The molecule has 0 rings (SSSR count). The van der Waals surface area contributed by atoms with Gasteiger partial charge in [-0.15, -0.1) is 0 Å². The molecular weight excluding hydrogens is 166 g/mol. The van der Waals surface area contributed by atoms with Crippen LogP contribution in [0.25, 0.3) is 0 Å². The van der Waals surface area contributed by atoms with Crippen LogP contribution in [0.2, 0.25) is 0 Å². The lowest BCUT2D eigenvalue weighted by Gasteiger charge is -2.09. The molecule has 0 unspecified atom stereocenters. The molecule has 0 bridgehead atoms. The smallest absolute Gasteiger partial charge is 0.406 e. The third-order valence-corrected chi connectivity index (χ3v) is 0.914. The maximum absolute atomic E-state index is 10.1. The molecule has 0 saturated carbocycles. The van der Waals surface area contributed by atoms with Gasteiger partial charge in [-0.2, -0.15) is 0 Å². The summed E-state index contributed by atoms with van der Waals surface area (Å²) in [7, 11) is 0. The quantitative estimate of drug-likeness (QED) is 0.466. The molecule has 0 aromatic carbocycles. The summed E-state index contributed by atoms with van der Waals surface area (Å²) in [6.07, 6.45) is -2.59. The van der Waals surface area contributed by atoms with Gasteiger partial charge >= 0.3 is 12.2 Å². The molecule has 7 nitrogen and oxygen atoms in total. The second-order valence-electron chi connectivity index (χ2n) is 1.93. The van der Waals surface area contributed by atoms with Crippen LogP contribution in [0.3, 0.4) is 0 Å². The summed E-state index contributed by atoms with van der Waals surface area (Å²) in [5, 5.41) is 0. The first-order valence-corrected chi connectivity index (χ1v) is 3.16. The third-order valence-electron chi connectivity index (χ3n) is 0.914. The van der Waals surface area contributed by atoms with Crippen LogP contribution in [0.1, 0.15) is 6.42 Å². The van der Waals surface area contributed by atoms with Gasteiger partial charge in [-0.25, -0.2) is 9.59 Å². The molecule has 6 N–H and O–H groups in total. The largest absolute Gasteiger partial charge is 0.450 e. The summed E-state index contributed by atoms with van der Waals surface area (Å²) in [5.41, 5.74) is 14.5. The number of amides is 2. The van der Waals surface area contributed by atoms with Crippen LogP contribution in [0.5, 0.6) is 0 Å². The Balaban J connectivity index is 3.37. The third kappa shape index (κ3) is 6.62. The first kappa shape index (κ1) is 10.5.